The summed E-state index contributed by atoms with van der Waals surface area (Å²) in [6, 6.07) is 3.32. The van der Waals surface area contributed by atoms with Gasteiger partial charge >= 0.3 is 5.69 Å². The van der Waals surface area contributed by atoms with Gasteiger partial charge in [0.05, 0.1) is 21.5 Å². The van der Waals surface area contributed by atoms with Crippen molar-refractivity contribution in [2.24, 2.45) is 11.0 Å². The van der Waals surface area contributed by atoms with Crippen LogP contribution in [-0.4, -0.2) is 31.6 Å². The van der Waals surface area contributed by atoms with Crippen molar-refractivity contribution in [3.8, 4) is 0 Å². The third kappa shape index (κ3) is 5.33. The van der Waals surface area contributed by atoms with Crippen molar-refractivity contribution in [2.45, 2.75) is 43.5 Å². The Labute approximate surface area is 164 Å². The summed E-state index contributed by atoms with van der Waals surface area (Å²) in [5, 5.41) is 36.0. The number of nitrogens with zero attached hydrogens (tertiary/aromatic N) is 3. The van der Waals surface area contributed by atoms with Crippen LogP contribution in [-0.2, 0) is 0 Å². The molecular formula is C17H21BrN4O5. The second-order valence-electron chi connectivity index (χ2n) is 6.81. The third-order valence-corrected chi connectivity index (χ3v) is 6.16. The van der Waals surface area contributed by atoms with E-state index in [0.29, 0.717) is 12.3 Å². The number of nitro groups is 2. The minimum absolute atomic E-state index is 0.0184. The number of halogens is 1. The van der Waals surface area contributed by atoms with Crippen LogP contribution in [0.25, 0.3) is 0 Å². The normalized spacial score (nSPS) is 26.1. The standard InChI is InChI=1S/C17H21BrN4O5/c1-11(12-5-7-17(2,23)16(18)9-12)6-8-19-20-14-4-3-13(21(24)25)10-15(14)22(26)27/h3-4,6,8,10,12,16,20,23H,5,7,9H2,1-2H3/b11-6-,19-8?/t12-,16-,17+/m0/s1. The number of hydrazone groups is 1. The lowest BCUT2D eigenvalue weighted by Gasteiger charge is -2.38. The minimum atomic E-state index is -0.707. The molecule has 0 unspecified atom stereocenters. The van der Waals surface area contributed by atoms with E-state index in [1.165, 1.54) is 18.3 Å². The smallest absolute Gasteiger partial charge is 0.301 e. The molecule has 2 N–H and O–H groups in total. The molecule has 2 rings (SSSR count). The molecule has 1 aliphatic rings. The Balaban J connectivity index is 2.04. The molecule has 0 aromatic heterocycles. The average Bonchev–Trinajstić information content (AvgIpc) is 2.60. The molecule has 1 fully saturated rings. The molecular weight excluding hydrogens is 420 g/mol. The summed E-state index contributed by atoms with van der Waals surface area (Å²) in [6.07, 6.45) is 5.69. The van der Waals surface area contributed by atoms with Gasteiger partial charge in [0.2, 0.25) is 0 Å². The fourth-order valence-electron chi connectivity index (χ4n) is 2.94. The highest BCUT2D eigenvalue weighted by Crippen LogP contribution is 2.39. The maximum atomic E-state index is 11.1. The van der Waals surface area contributed by atoms with Gasteiger partial charge in [-0.15, -0.1) is 0 Å². The third-order valence-electron chi connectivity index (χ3n) is 4.79. The topological polar surface area (TPSA) is 131 Å². The number of nitrogens with one attached hydrogen (secondary N) is 1. The van der Waals surface area contributed by atoms with Gasteiger partial charge in [-0.05, 0) is 51.2 Å². The van der Waals surface area contributed by atoms with E-state index in [2.05, 4.69) is 26.5 Å². The maximum absolute atomic E-state index is 11.1. The SMILES string of the molecule is C/C(=C/C=NNc1ccc([N+](=O)[O-])cc1[N+](=O)[O-])[C@H]1CC[C@@](C)(O)[C@@H](Br)C1. The van der Waals surface area contributed by atoms with Gasteiger partial charge in [0, 0.05) is 17.1 Å². The molecule has 0 bridgehead atoms. The van der Waals surface area contributed by atoms with Crippen LogP contribution in [0.15, 0.2) is 34.9 Å². The molecule has 10 heteroatoms. The van der Waals surface area contributed by atoms with E-state index in [-0.39, 0.29) is 16.2 Å². The molecule has 1 saturated carbocycles. The number of aliphatic hydroxyl groups is 1. The van der Waals surface area contributed by atoms with Gasteiger partial charge in [-0.2, -0.15) is 5.10 Å². The van der Waals surface area contributed by atoms with Crippen molar-refractivity contribution in [3.05, 3.63) is 50.1 Å². The molecule has 1 aromatic rings. The first-order valence-corrected chi connectivity index (χ1v) is 9.28. The second-order valence-corrected chi connectivity index (χ2v) is 7.92. The first-order chi connectivity index (χ1) is 12.6. The minimum Gasteiger partial charge on any atom is -0.389 e. The molecule has 0 radical (unpaired) electrons. The first kappa shape index (κ1) is 21.0. The Hall–Kier alpha value is -2.33. The highest BCUT2D eigenvalue weighted by Gasteiger charge is 2.37. The largest absolute Gasteiger partial charge is 0.389 e. The number of nitro benzene ring substituents is 2. The summed E-state index contributed by atoms with van der Waals surface area (Å²) >= 11 is 3.53. The Morgan fingerprint density at radius 3 is 2.70 bits per heavy atom. The summed E-state index contributed by atoms with van der Waals surface area (Å²) in [5.41, 5.74) is 2.24. The predicted molar refractivity (Wildman–Crippen MR) is 106 cm³/mol. The van der Waals surface area contributed by atoms with Crippen LogP contribution >= 0.6 is 15.9 Å². The van der Waals surface area contributed by atoms with E-state index in [1.807, 2.05) is 19.9 Å². The van der Waals surface area contributed by atoms with Crippen molar-refractivity contribution < 1.29 is 15.0 Å². The molecule has 0 amide bonds. The second kappa shape index (κ2) is 8.57. The fraction of sp³-hybridized carbons (Fsp3) is 0.471. The number of hydrogen-bond acceptors (Lipinski definition) is 7. The van der Waals surface area contributed by atoms with E-state index in [1.54, 1.807) is 0 Å². The molecule has 0 aliphatic heterocycles. The summed E-state index contributed by atoms with van der Waals surface area (Å²) in [6.45, 7) is 3.80. The molecule has 146 valence electrons. The van der Waals surface area contributed by atoms with Gasteiger partial charge in [0.15, 0.2) is 0 Å². The number of hydrogen-bond donors (Lipinski definition) is 2. The zero-order valence-electron chi connectivity index (χ0n) is 15.0. The van der Waals surface area contributed by atoms with Gasteiger partial charge in [0.25, 0.3) is 5.69 Å². The lowest BCUT2D eigenvalue weighted by molar-refractivity contribution is -0.393. The van der Waals surface area contributed by atoms with Crippen LogP contribution in [0.3, 0.4) is 0 Å². The number of non-ortho nitro benzene ring substituents is 1. The molecule has 9 nitrogen and oxygen atoms in total. The predicted octanol–water partition coefficient (Wildman–Crippen LogP) is 4.16. The van der Waals surface area contributed by atoms with Crippen molar-refractivity contribution >= 4 is 39.2 Å². The van der Waals surface area contributed by atoms with Crippen molar-refractivity contribution in [1.29, 1.82) is 0 Å². The Morgan fingerprint density at radius 1 is 1.41 bits per heavy atom. The van der Waals surface area contributed by atoms with Gasteiger partial charge in [-0.3, -0.25) is 25.7 Å². The molecule has 0 spiro atoms. The molecule has 1 aliphatic carbocycles. The fourth-order valence-corrected chi connectivity index (χ4v) is 3.62. The Bertz CT molecular complexity index is 794. The molecule has 1 aromatic carbocycles. The molecule has 27 heavy (non-hydrogen) atoms. The molecule has 0 saturated heterocycles. The van der Waals surface area contributed by atoms with E-state index >= 15 is 0 Å². The van der Waals surface area contributed by atoms with Crippen LogP contribution in [0.1, 0.15) is 33.1 Å². The Morgan fingerprint density at radius 2 is 2.11 bits per heavy atom. The van der Waals surface area contributed by atoms with E-state index in [4.69, 9.17) is 0 Å². The Kier molecular flexibility index (Phi) is 6.66. The highest BCUT2D eigenvalue weighted by atomic mass is 79.9. The van der Waals surface area contributed by atoms with E-state index < -0.39 is 21.1 Å². The number of anilines is 1. The number of benzene rings is 1. The molecule has 0 heterocycles. The monoisotopic (exact) mass is 440 g/mol. The van der Waals surface area contributed by atoms with Gasteiger partial charge < -0.3 is 5.11 Å². The van der Waals surface area contributed by atoms with E-state index in [9.17, 15) is 25.3 Å². The quantitative estimate of drug-likeness (QED) is 0.295. The maximum Gasteiger partial charge on any atom is 0.301 e. The van der Waals surface area contributed by atoms with Crippen molar-refractivity contribution in [3.63, 3.8) is 0 Å². The van der Waals surface area contributed by atoms with Crippen LogP contribution < -0.4 is 5.43 Å². The van der Waals surface area contributed by atoms with E-state index in [0.717, 1.165) is 24.5 Å². The number of rotatable bonds is 6. The summed E-state index contributed by atoms with van der Waals surface area (Å²) < 4.78 is 0. The van der Waals surface area contributed by atoms with Crippen LogP contribution in [0.2, 0.25) is 0 Å². The zero-order chi connectivity index (χ0) is 20.2. The van der Waals surface area contributed by atoms with Crippen molar-refractivity contribution in [1.82, 2.24) is 0 Å². The average molecular weight is 441 g/mol. The van der Waals surface area contributed by atoms with Gasteiger partial charge in [-0.25, -0.2) is 0 Å². The lowest BCUT2D eigenvalue weighted by atomic mass is 9.77. The first-order valence-electron chi connectivity index (χ1n) is 8.37. The number of alkyl halides is 1. The van der Waals surface area contributed by atoms with Crippen LogP contribution in [0.5, 0.6) is 0 Å². The van der Waals surface area contributed by atoms with Crippen molar-refractivity contribution in [2.75, 3.05) is 5.43 Å². The van der Waals surface area contributed by atoms with Gasteiger partial charge in [0.1, 0.15) is 5.69 Å². The summed E-state index contributed by atoms with van der Waals surface area (Å²) in [4.78, 5) is 20.5. The highest BCUT2D eigenvalue weighted by molar-refractivity contribution is 9.09. The zero-order valence-corrected chi connectivity index (χ0v) is 16.5. The van der Waals surface area contributed by atoms with Crippen LogP contribution in [0.4, 0.5) is 17.1 Å². The summed E-state index contributed by atoms with van der Waals surface area (Å²) in [5.74, 6) is 0.315. The lowest BCUT2D eigenvalue weighted by Crippen LogP contribution is -2.41. The summed E-state index contributed by atoms with van der Waals surface area (Å²) in [7, 11) is 0. The molecule has 3 atom stereocenters. The van der Waals surface area contributed by atoms with Gasteiger partial charge in [-0.1, -0.05) is 21.5 Å². The number of allylic oxidation sites excluding steroid dienone is 2. The van der Waals surface area contributed by atoms with Crippen LogP contribution in [0, 0.1) is 26.1 Å².